The van der Waals surface area contributed by atoms with Gasteiger partial charge in [-0.15, -0.1) is 0 Å². The average Bonchev–Trinajstić information content (AvgIpc) is 2.73. The van der Waals surface area contributed by atoms with Gasteiger partial charge in [-0.1, -0.05) is 32.0 Å². The minimum atomic E-state index is -0.954. The number of anilines is 1. The molecule has 0 aliphatic rings. The second-order valence-electron chi connectivity index (χ2n) is 7.69. The molecule has 2 aromatic rings. The maximum Gasteiger partial charge on any atom is 0.306 e. The molecule has 0 aliphatic carbocycles. The number of aryl methyl sites for hydroxylation is 1. The first kappa shape index (κ1) is 23.9. The molecule has 2 atom stereocenters. The largest absolute Gasteiger partial charge is 0.453 e. The lowest BCUT2D eigenvalue weighted by Crippen LogP contribution is -2.30. The number of aromatic nitrogens is 1. The lowest BCUT2D eigenvalue weighted by Gasteiger charge is -2.18. The van der Waals surface area contributed by atoms with Crippen molar-refractivity contribution in [2.45, 2.75) is 65.9 Å². The van der Waals surface area contributed by atoms with Crippen LogP contribution in [0.1, 0.15) is 67.5 Å². The summed E-state index contributed by atoms with van der Waals surface area (Å²) < 4.78 is 5.30. The van der Waals surface area contributed by atoms with Gasteiger partial charge in [-0.2, -0.15) is 5.26 Å². The number of nitrogens with zero attached hydrogens (tertiary/aromatic N) is 1. The minimum Gasteiger partial charge on any atom is -0.453 e. The van der Waals surface area contributed by atoms with Crippen molar-refractivity contribution in [3.63, 3.8) is 0 Å². The molecule has 7 heteroatoms. The van der Waals surface area contributed by atoms with Crippen LogP contribution in [0.15, 0.2) is 29.1 Å². The number of H-pyrrole nitrogens is 1. The number of carbonyl (C=O) groups is 2. The zero-order valence-electron chi connectivity index (χ0n) is 18.7. The second kappa shape index (κ2) is 10.6. The number of para-hydroxylation sites is 1. The number of hydrogen-bond acceptors (Lipinski definition) is 5. The molecule has 1 heterocycles. The molecular weight excluding hydrogens is 394 g/mol. The SMILES string of the molecule is CC[C@H](C)c1ccccc1NC(=O)[C@@H](C)OC(=O)CCc1c(C)[nH]c(=O)c(C#N)c1C. The third-order valence-electron chi connectivity index (χ3n) is 5.54. The number of pyridine rings is 1. The van der Waals surface area contributed by atoms with E-state index in [0.717, 1.165) is 17.5 Å². The predicted molar refractivity (Wildman–Crippen MR) is 119 cm³/mol. The van der Waals surface area contributed by atoms with Gasteiger partial charge < -0.3 is 15.0 Å². The Morgan fingerprint density at radius 2 is 1.90 bits per heavy atom. The van der Waals surface area contributed by atoms with E-state index >= 15 is 0 Å². The summed E-state index contributed by atoms with van der Waals surface area (Å²) in [5, 5.41) is 12.0. The topological polar surface area (TPSA) is 112 Å². The van der Waals surface area contributed by atoms with E-state index in [1.54, 1.807) is 13.8 Å². The van der Waals surface area contributed by atoms with E-state index in [1.807, 2.05) is 30.3 Å². The van der Waals surface area contributed by atoms with Gasteiger partial charge >= 0.3 is 5.97 Å². The van der Waals surface area contributed by atoms with Crippen molar-refractivity contribution in [2.75, 3.05) is 5.32 Å². The summed E-state index contributed by atoms with van der Waals surface area (Å²) in [5.74, 6) is -0.634. The first-order chi connectivity index (χ1) is 14.7. The quantitative estimate of drug-likeness (QED) is 0.626. The summed E-state index contributed by atoms with van der Waals surface area (Å²) in [6, 6.07) is 9.48. The molecule has 0 radical (unpaired) electrons. The molecule has 1 aromatic heterocycles. The van der Waals surface area contributed by atoms with Gasteiger partial charge in [-0.25, -0.2) is 0 Å². The van der Waals surface area contributed by atoms with Gasteiger partial charge in [0.05, 0.1) is 0 Å². The average molecular weight is 424 g/mol. The van der Waals surface area contributed by atoms with Gasteiger partial charge in [0.2, 0.25) is 0 Å². The third-order valence-corrected chi connectivity index (χ3v) is 5.54. The fourth-order valence-corrected chi connectivity index (χ4v) is 3.45. The normalized spacial score (nSPS) is 12.5. The lowest BCUT2D eigenvalue weighted by molar-refractivity contribution is -0.153. The van der Waals surface area contributed by atoms with Gasteiger partial charge in [0, 0.05) is 17.8 Å². The maximum absolute atomic E-state index is 12.6. The summed E-state index contributed by atoms with van der Waals surface area (Å²) in [7, 11) is 0. The second-order valence-corrected chi connectivity index (χ2v) is 7.69. The zero-order chi connectivity index (χ0) is 23.1. The van der Waals surface area contributed by atoms with E-state index in [0.29, 0.717) is 23.4 Å². The standard InChI is InChI=1S/C24H29N3O4/c1-6-14(2)18-9-7-8-10-21(18)27-23(29)17(5)31-22(28)12-11-19-15(3)20(13-25)24(30)26-16(19)4/h7-10,14,17H,6,11-12H2,1-5H3,(H,26,30)(H,27,29)/t14-,17+/m0/s1. The van der Waals surface area contributed by atoms with Crippen molar-refractivity contribution in [3.05, 3.63) is 62.6 Å². The van der Waals surface area contributed by atoms with Crippen molar-refractivity contribution < 1.29 is 14.3 Å². The molecule has 0 saturated carbocycles. The Morgan fingerprint density at radius 3 is 2.55 bits per heavy atom. The Hall–Kier alpha value is -3.40. The Balaban J connectivity index is 2.00. The molecule has 31 heavy (non-hydrogen) atoms. The van der Waals surface area contributed by atoms with Crippen molar-refractivity contribution in [1.82, 2.24) is 4.98 Å². The molecule has 0 unspecified atom stereocenters. The highest BCUT2D eigenvalue weighted by Gasteiger charge is 2.20. The lowest BCUT2D eigenvalue weighted by atomic mass is 9.97. The number of carbonyl (C=O) groups excluding carboxylic acids is 2. The summed E-state index contributed by atoms with van der Waals surface area (Å²) in [6.45, 7) is 9.11. The van der Waals surface area contributed by atoms with Gasteiger partial charge in [-0.05, 0) is 62.3 Å². The number of rotatable bonds is 8. The fourth-order valence-electron chi connectivity index (χ4n) is 3.45. The number of nitrogens with one attached hydrogen (secondary N) is 2. The van der Waals surface area contributed by atoms with Crippen LogP contribution in [0, 0.1) is 25.2 Å². The highest BCUT2D eigenvalue weighted by Crippen LogP contribution is 2.26. The van der Waals surface area contributed by atoms with E-state index in [2.05, 4.69) is 24.1 Å². The van der Waals surface area contributed by atoms with Crippen LogP contribution >= 0.6 is 0 Å². The minimum absolute atomic E-state index is 0.0274. The Labute approximate surface area is 182 Å². The van der Waals surface area contributed by atoms with Crippen molar-refractivity contribution in [1.29, 1.82) is 5.26 Å². The van der Waals surface area contributed by atoms with E-state index in [9.17, 15) is 14.4 Å². The maximum atomic E-state index is 12.6. The third kappa shape index (κ3) is 5.82. The number of amides is 1. The van der Waals surface area contributed by atoms with Gasteiger partial charge in [0.15, 0.2) is 6.10 Å². The van der Waals surface area contributed by atoms with Crippen molar-refractivity contribution in [2.24, 2.45) is 0 Å². The van der Waals surface area contributed by atoms with Gasteiger partial charge in [-0.3, -0.25) is 14.4 Å². The first-order valence-corrected chi connectivity index (χ1v) is 10.4. The number of aromatic amines is 1. The highest BCUT2D eigenvalue weighted by molar-refractivity contribution is 5.95. The molecule has 0 aliphatic heterocycles. The van der Waals surface area contributed by atoms with E-state index in [1.165, 1.54) is 6.92 Å². The molecule has 1 aromatic carbocycles. The summed E-state index contributed by atoms with van der Waals surface area (Å²) >= 11 is 0. The smallest absolute Gasteiger partial charge is 0.306 e. The molecule has 0 bridgehead atoms. The summed E-state index contributed by atoms with van der Waals surface area (Å²) in [6.07, 6.45) is 0.311. The van der Waals surface area contributed by atoms with E-state index in [-0.39, 0.29) is 17.9 Å². The highest BCUT2D eigenvalue weighted by atomic mass is 16.5. The summed E-state index contributed by atoms with van der Waals surface area (Å²) in [5.41, 5.74) is 3.26. The molecule has 7 nitrogen and oxygen atoms in total. The molecule has 0 fully saturated rings. The number of esters is 1. The molecule has 0 spiro atoms. The Bertz CT molecular complexity index is 1070. The number of benzene rings is 1. The molecular formula is C24H29N3O4. The van der Waals surface area contributed by atoms with Crippen molar-refractivity contribution in [3.8, 4) is 6.07 Å². The Morgan fingerprint density at radius 1 is 1.23 bits per heavy atom. The Kier molecular flexibility index (Phi) is 8.14. The molecule has 1 amide bonds. The van der Waals surface area contributed by atoms with Crippen LogP contribution in [0.25, 0.3) is 0 Å². The van der Waals surface area contributed by atoms with Gasteiger partial charge in [0.1, 0.15) is 11.6 Å². The first-order valence-electron chi connectivity index (χ1n) is 10.4. The number of hydrogen-bond donors (Lipinski definition) is 2. The van der Waals surface area contributed by atoms with Crippen LogP contribution in [0.5, 0.6) is 0 Å². The molecule has 2 N–H and O–H groups in total. The zero-order valence-corrected chi connectivity index (χ0v) is 18.7. The molecule has 2 rings (SSSR count). The van der Waals surface area contributed by atoms with Crippen LogP contribution in [-0.4, -0.2) is 23.0 Å². The molecule has 0 saturated heterocycles. The van der Waals surface area contributed by atoms with Gasteiger partial charge in [0.25, 0.3) is 11.5 Å². The monoisotopic (exact) mass is 423 g/mol. The van der Waals surface area contributed by atoms with Crippen LogP contribution in [0.4, 0.5) is 5.69 Å². The van der Waals surface area contributed by atoms with Crippen molar-refractivity contribution >= 4 is 17.6 Å². The van der Waals surface area contributed by atoms with E-state index < -0.39 is 23.5 Å². The van der Waals surface area contributed by atoms with E-state index in [4.69, 9.17) is 10.00 Å². The number of nitriles is 1. The number of ether oxygens (including phenoxy) is 1. The molecule has 164 valence electrons. The predicted octanol–water partition coefficient (Wildman–Crippen LogP) is 3.88. The van der Waals surface area contributed by atoms with Crippen LogP contribution < -0.4 is 10.9 Å². The fraction of sp³-hybridized carbons (Fsp3) is 0.417. The van der Waals surface area contributed by atoms with Crippen LogP contribution in [0.2, 0.25) is 0 Å². The summed E-state index contributed by atoms with van der Waals surface area (Å²) in [4.78, 5) is 39.3. The van der Waals surface area contributed by atoms with Crippen LogP contribution in [-0.2, 0) is 20.7 Å². The van der Waals surface area contributed by atoms with Crippen LogP contribution in [0.3, 0.4) is 0 Å².